The van der Waals surface area contributed by atoms with Gasteiger partial charge in [0.2, 0.25) is 23.6 Å². The highest BCUT2D eigenvalue weighted by Gasteiger charge is 2.32. The first-order chi connectivity index (χ1) is 15.3. The van der Waals surface area contributed by atoms with Gasteiger partial charge in [-0.2, -0.15) is 0 Å². The summed E-state index contributed by atoms with van der Waals surface area (Å²) in [5.41, 5.74) is 16.4. The molecule has 4 atom stereocenters. The average molecular weight is 473 g/mol. The van der Waals surface area contributed by atoms with Crippen molar-refractivity contribution in [2.24, 2.45) is 29.0 Å². The third-order valence-corrected chi connectivity index (χ3v) is 5.14. The molecule has 0 aliphatic heterocycles. The number of unbranched alkanes of at least 4 members (excludes halogenated alkanes) is 1. The second-order valence-corrected chi connectivity index (χ2v) is 8.75. The highest BCUT2D eigenvalue weighted by molar-refractivity contribution is 5.94. The smallest absolute Gasteiger partial charge is 0.326 e. The molecule has 0 saturated heterocycles. The van der Waals surface area contributed by atoms with Crippen LogP contribution < -0.4 is 33.2 Å². The molecule has 10 N–H and O–H groups in total. The molecule has 0 aliphatic rings. The van der Waals surface area contributed by atoms with Crippen LogP contribution in [0.4, 0.5) is 0 Å². The maximum atomic E-state index is 13.0. The minimum absolute atomic E-state index is 0.139. The van der Waals surface area contributed by atoms with Crippen molar-refractivity contribution in [1.82, 2.24) is 16.0 Å². The van der Waals surface area contributed by atoms with E-state index in [0.29, 0.717) is 25.8 Å². The average Bonchev–Trinajstić information content (AvgIpc) is 2.72. The number of carboxylic acid groups (broad SMARTS) is 1. The standard InChI is InChI=1S/C21H40N6O6/c1-11(2)16(24)19(30)25-13(7-5-6-10-22)18(29)27-17(12(3)4)20(31)26-14(21(32)33)8-9-15(23)28/h11-14,16-17H,5-10,22,24H2,1-4H3,(H2,23,28)(H,25,30)(H,26,31)(H,27,29)(H,32,33). The molecule has 0 heterocycles. The molecule has 0 bridgehead atoms. The minimum Gasteiger partial charge on any atom is -0.480 e. The van der Waals surface area contributed by atoms with Gasteiger partial charge in [0.1, 0.15) is 18.1 Å². The van der Waals surface area contributed by atoms with Gasteiger partial charge in [-0.05, 0) is 44.1 Å². The molecule has 0 rings (SSSR count). The number of primary amides is 1. The highest BCUT2D eigenvalue weighted by atomic mass is 16.4. The first-order valence-electron chi connectivity index (χ1n) is 11.2. The van der Waals surface area contributed by atoms with Gasteiger partial charge in [0, 0.05) is 6.42 Å². The third-order valence-electron chi connectivity index (χ3n) is 5.14. The lowest BCUT2D eigenvalue weighted by molar-refractivity contribution is -0.143. The van der Waals surface area contributed by atoms with E-state index < -0.39 is 59.7 Å². The number of hydrogen-bond acceptors (Lipinski definition) is 7. The quantitative estimate of drug-likeness (QED) is 0.131. The Morgan fingerprint density at radius 1 is 0.788 bits per heavy atom. The number of carboxylic acids is 1. The van der Waals surface area contributed by atoms with Crippen molar-refractivity contribution in [2.75, 3.05) is 6.54 Å². The number of nitrogens with one attached hydrogen (secondary N) is 3. The molecule has 12 heteroatoms. The zero-order valence-electron chi connectivity index (χ0n) is 19.9. The third kappa shape index (κ3) is 11.6. The summed E-state index contributed by atoms with van der Waals surface area (Å²) in [7, 11) is 0. The molecular formula is C21H40N6O6. The van der Waals surface area contributed by atoms with Gasteiger partial charge in [0.15, 0.2) is 0 Å². The molecule has 12 nitrogen and oxygen atoms in total. The lowest BCUT2D eigenvalue weighted by Crippen LogP contribution is -2.58. The van der Waals surface area contributed by atoms with Crippen molar-refractivity contribution in [3.8, 4) is 0 Å². The number of carbonyl (C=O) groups excluding carboxylic acids is 4. The molecule has 0 fully saturated rings. The van der Waals surface area contributed by atoms with Gasteiger partial charge in [0.25, 0.3) is 0 Å². The van der Waals surface area contributed by atoms with Crippen LogP contribution in [0.15, 0.2) is 0 Å². The lowest BCUT2D eigenvalue weighted by atomic mass is 10.00. The van der Waals surface area contributed by atoms with Crippen LogP contribution in [-0.2, 0) is 24.0 Å². The molecule has 0 aromatic heterocycles. The molecule has 190 valence electrons. The summed E-state index contributed by atoms with van der Waals surface area (Å²) >= 11 is 0. The van der Waals surface area contributed by atoms with E-state index in [4.69, 9.17) is 17.2 Å². The number of rotatable bonds is 16. The van der Waals surface area contributed by atoms with Crippen LogP contribution in [0.2, 0.25) is 0 Å². The van der Waals surface area contributed by atoms with Crippen LogP contribution in [-0.4, -0.2) is 65.4 Å². The fraction of sp³-hybridized carbons (Fsp3) is 0.762. The Labute approximate surface area is 194 Å². The van der Waals surface area contributed by atoms with E-state index >= 15 is 0 Å². The van der Waals surface area contributed by atoms with Crippen molar-refractivity contribution in [2.45, 2.75) is 84.0 Å². The first-order valence-corrected chi connectivity index (χ1v) is 11.2. The zero-order chi connectivity index (χ0) is 25.7. The SMILES string of the molecule is CC(C)C(N)C(=O)NC(CCCCN)C(=O)NC(C(=O)NC(CCC(N)=O)C(=O)O)C(C)C. The number of aliphatic carboxylic acids is 1. The Morgan fingerprint density at radius 2 is 1.36 bits per heavy atom. The summed E-state index contributed by atoms with van der Waals surface area (Å²) < 4.78 is 0. The Hall–Kier alpha value is -2.73. The van der Waals surface area contributed by atoms with Gasteiger partial charge >= 0.3 is 5.97 Å². The van der Waals surface area contributed by atoms with E-state index in [1.165, 1.54) is 0 Å². The summed E-state index contributed by atoms with van der Waals surface area (Å²) in [5.74, 6) is -4.35. The van der Waals surface area contributed by atoms with Gasteiger partial charge in [0.05, 0.1) is 6.04 Å². The van der Waals surface area contributed by atoms with Gasteiger partial charge < -0.3 is 38.3 Å². The molecule has 0 aromatic carbocycles. The van der Waals surface area contributed by atoms with E-state index in [1.54, 1.807) is 27.7 Å². The fourth-order valence-electron chi connectivity index (χ4n) is 2.93. The topological polar surface area (TPSA) is 220 Å². The Kier molecular flexibility index (Phi) is 13.9. The maximum absolute atomic E-state index is 13.0. The van der Waals surface area contributed by atoms with Crippen molar-refractivity contribution in [3.63, 3.8) is 0 Å². The van der Waals surface area contributed by atoms with E-state index in [2.05, 4.69) is 16.0 Å². The van der Waals surface area contributed by atoms with Gasteiger partial charge in [-0.15, -0.1) is 0 Å². The molecule has 4 amide bonds. The predicted molar refractivity (Wildman–Crippen MR) is 122 cm³/mol. The summed E-state index contributed by atoms with van der Waals surface area (Å²) in [6.07, 6.45) is 1.10. The summed E-state index contributed by atoms with van der Waals surface area (Å²) in [4.78, 5) is 60.5. The molecule has 0 aliphatic carbocycles. The van der Waals surface area contributed by atoms with Gasteiger partial charge in [-0.3, -0.25) is 19.2 Å². The number of amides is 4. The van der Waals surface area contributed by atoms with E-state index in [-0.39, 0.29) is 18.8 Å². The highest BCUT2D eigenvalue weighted by Crippen LogP contribution is 2.08. The summed E-state index contributed by atoms with van der Waals surface area (Å²) in [6, 6.07) is -4.15. The number of nitrogens with two attached hydrogens (primary N) is 3. The predicted octanol–water partition coefficient (Wildman–Crippen LogP) is -1.44. The van der Waals surface area contributed by atoms with Gasteiger partial charge in [-0.25, -0.2) is 4.79 Å². The van der Waals surface area contributed by atoms with Crippen LogP contribution in [0.5, 0.6) is 0 Å². The van der Waals surface area contributed by atoms with Crippen molar-refractivity contribution >= 4 is 29.6 Å². The van der Waals surface area contributed by atoms with Gasteiger partial charge in [-0.1, -0.05) is 27.7 Å². The van der Waals surface area contributed by atoms with Crippen molar-refractivity contribution in [3.05, 3.63) is 0 Å². The van der Waals surface area contributed by atoms with E-state index in [0.717, 1.165) is 0 Å². The first kappa shape index (κ1) is 30.3. The lowest BCUT2D eigenvalue weighted by Gasteiger charge is -2.27. The molecular weight excluding hydrogens is 432 g/mol. The number of carbonyl (C=O) groups is 5. The molecule has 0 aromatic rings. The monoisotopic (exact) mass is 472 g/mol. The van der Waals surface area contributed by atoms with Crippen molar-refractivity contribution in [1.29, 1.82) is 0 Å². The minimum atomic E-state index is -1.34. The maximum Gasteiger partial charge on any atom is 0.326 e. The zero-order valence-corrected chi connectivity index (χ0v) is 19.9. The largest absolute Gasteiger partial charge is 0.480 e. The van der Waals surface area contributed by atoms with Crippen LogP contribution in [0.25, 0.3) is 0 Å². The van der Waals surface area contributed by atoms with Crippen LogP contribution in [0, 0.1) is 11.8 Å². The summed E-state index contributed by atoms with van der Waals surface area (Å²) in [5, 5.41) is 16.9. The molecule has 33 heavy (non-hydrogen) atoms. The van der Waals surface area contributed by atoms with Crippen LogP contribution in [0.1, 0.15) is 59.8 Å². The van der Waals surface area contributed by atoms with E-state index in [1.807, 2.05) is 0 Å². The second-order valence-electron chi connectivity index (χ2n) is 8.75. The molecule has 0 radical (unpaired) electrons. The Morgan fingerprint density at radius 3 is 1.82 bits per heavy atom. The summed E-state index contributed by atoms with van der Waals surface area (Å²) in [6.45, 7) is 7.35. The van der Waals surface area contributed by atoms with Crippen molar-refractivity contribution < 1.29 is 29.1 Å². The molecule has 4 unspecified atom stereocenters. The Bertz CT molecular complexity index is 684. The van der Waals surface area contributed by atoms with E-state index in [9.17, 15) is 29.1 Å². The number of hydrogen-bond donors (Lipinski definition) is 7. The Balaban J connectivity index is 5.42. The molecule has 0 saturated carbocycles. The van der Waals surface area contributed by atoms with Crippen LogP contribution >= 0.6 is 0 Å². The normalized spacial score (nSPS) is 14.8. The van der Waals surface area contributed by atoms with Crippen LogP contribution in [0.3, 0.4) is 0 Å². The second kappa shape index (κ2) is 15.2. The molecule has 0 spiro atoms. The fourth-order valence-corrected chi connectivity index (χ4v) is 2.93.